The Morgan fingerprint density at radius 1 is 1.53 bits per heavy atom. The number of hydrogen-bond acceptors (Lipinski definition) is 2. The van der Waals surface area contributed by atoms with Crippen molar-refractivity contribution in [3.63, 3.8) is 0 Å². The molecule has 1 aliphatic rings. The standard InChI is InChI=1S/C14H19ClN2O2/c1-2-19-11-6-5-9-17(10-11)14(18)16-13-8-4-3-7-12(13)15/h3-4,7-8,11H,2,5-6,9-10H2,1H3,(H,16,18). The van der Waals surface area contributed by atoms with Crippen molar-refractivity contribution in [2.45, 2.75) is 25.9 Å². The Balaban J connectivity index is 1.94. The molecule has 1 saturated heterocycles. The zero-order chi connectivity index (χ0) is 13.7. The second-order valence-electron chi connectivity index (χ2n) is 4.58. The van der Waals surface area contributed by atoms with Crippen molar-refractivity contribution in [3.05, 3.63) is 29.3 Å². The molecule has 0 spiro atoms. The van der Waals surface area contributed by atoms with Gasteiger partial charge in [0.2, 0.25) is 0 Å². The number of amides is 2. The Labute approximate surface area is 118 Å². The van der Waals surface area contributed by atoms with E-state index in [9.17, 15) is 4.79 Å². The quantitative estimate of drug-likeness (QED) is 0.923. The van der Waals surface area contributed by atoms with Crippen molar-refractivity contribution in [1.82, 2.24) is 4.90 Å². The highest BCUT2D eigenvalue weighted by Gasteiger charge is 2.24. The summed E-state index contributed by atoms with van der Waals surface area (Å²) in [5.41, 5.74) is 0.646. The first kappa shape index (κ1) is 14.2. The van der Waals surface area contributed by atoms with Gasteiger partial charge in [-0.15, -0.1) is 0 Å². The van der Waals surface area contributed by atoms with Crippen LogP contribution in [0.15, 0.2) is 24.3 Å². The van der Waals surface area contributed by atoms with E-state index in [2.05, 4.69) is 5.32 Å². The van der Waals surface area contributed by atoms with Crippen LogP contribution in [0.25, 0.3) is 0 Å². The topological polar surface area (TPSA) is 41.6 Å². The summed E-state index contributed by atoms with van der Waals surface area (Å²) in [4.78, 5) is 14.0. The molecule has 1 fully saturated rings. The maximum absolute atomic E-state index is 12.2. The van der Waals surface area contributed by atoms with Gasteiger partial charge in [0.25, 0.3) is 0 Å². The van der Waals surface area contributed by atoms with Crippen LogP contribution < -0.4 is 5.32 Å². The zero-order valence-corrected chi connectivity index (χ0v) is 11.8. The third-order valence-corrected chi connectivity index (χ3v) is 3.51. The van der Waals surface area contributed by atoms with Crippen molar-refractivity contribution in [2.75, 3.05) is 25.0 Å². The van der Waals surface area contributed by atoms with Gasteiger partial charge >= 0.3 is 6.03 Å². The average molecular weight is 283 g/mol. The van der Waals surface area contributed by atoms with Crippen LogP contribution in [0.3, 0.4) is 0 Å². The molecule has 0 aromatic heterocycles. The Hall–Kier alpha value is -1.26. The minimum Gasteiger partial charge on any atom is -0.377 e. The van der Waals surface area contributed by atoms with E-state index >= 15 is 0 Å². The van der Waals surface area contributed by atoms with Crippen molar-refractivity contribution in [3.8, 4) is 0 Å². The zero-order valence-electron chi connectivity index (χ0n) is 11.1. The number of para-hydroxylation sites is 1. The first-order valence-corrected chi connectivity index (χ1v) is 7.00. The van der Waals surface area contributed by atoms with E-state index in [0.29, 0.717) is 23.9 Å². The molecule has 1 N–H and O–H groups in total. The first-order chi connectivity index (χ1) is 9.20. The summed E-state index contributed by atoms with van der Waals surface area (Å²) < 4.78 is 5.59. The molecule has 1 aliphatic heterocycles. The molecule has 1 aromatic carbocycles. The molecule has 0 saturated carbocycles. The summed E-state index contributed by atoms with van der Waals surface area (Å²) in [6, 6.07) is 7.13. The molecule has 1 unspecified atom stereocenters. The molecule has 4 nitrogen and oxygen atoms in total. The molecule has 0 radical (unpaired) electrons. The van der Waals surface area contributed by atoms with Crippen LogP contribution in [0, 0.1) is 0 Å². The van der Waals surface area contributed by atoms with Crippen molar-refractivity contribution >= 4 is 23.3 Å². The fourth-order valence-electron chi connectivity index (χ4n) is 2.25. The van der Waals surface area contributed by atoms with E-state index < -0.39 is 0 Å². The summed E-state index contributed by atoms with van der Waals surface area (Å²) in [5.74, 6) is 0. The Bertz CT molecular complexity index is 437. The number of urea groups is 1. The van der Waals surface area contributed by atoms with Crippen molar-refractivity contribution in [1.29, 1.82) is 0 Å². The summed E-state index contributed by atoms with van der Waals surface area (Å²) in [6.07, 6.45) is 2.14. The SMILES string of the molecule is CCOC1CCCN(C(=O)Nc2ccccc2Cl)C1. The van der Waals surface area contributed by atoms with Crippen LogP contribution in [-0.2, 0) is 4.74 Å². The van der Waals surface area contributed by atoms with Crippen LogP contribution in [0.2, 0.25) is 5.02 Å². The first-order valence-electron chi connectivity index (χ1n) is 6.62. The lowest BCUT2D eigenvalue weighted by atomic mass is 10.1. The number of anilines is 1. The van der Waals surface area contributed by atoms with Gasteiger partial charge in [0.1, 0.15) is 0 Å². The second-order valence-corrected chi connectivity index (χ2v) is 4.98. The van der Waals surface area contributed by atoms with Crippen LogP contribution in [0.1, 0.15) is 19.8 Å². The monoisotopic (exact) mass is 282 g/mol. The van der Waals surface area contributed by atoms with E-state index in [4.69, 9.17) is 16.3 Å². The summed E-state index contributed by atoms with van der Waals surface area (Å²) >= 11 is 6.03. The molecule has 5 heteroatoms. The van der Waals surface area contributed by atoms with Gasteiger partial charge in [-0.1, -0.05) is 23.7 Å². The van der Waals surface area contributed by atoms with Crippen LogP contribution in [-0.4, -0.2) is 36.7 Å². The lowest BCUT2D eigenvalue weighted by Crippen LogP contribution is -2.45. The van der Waals surface area contributed by atoms with E-state index in [1.165, 1.54) is 0 Å². The Morgan fingerprint density at radius 3 is 3.05 bits per heavy atom. The molecule has 1 heterocycles. The number of likely N-dealkylation sites (tertiary alicyclic amines) is 1. The molecular formula is C14H19ClN2O2. The van der Waals surface area contributed by atoms with Gasteiger partial charge in [-0.25, -0.2) is 4.79 Å². The molecule has 0 aliphatic carbocycles. The molecule has 1 atom stereocenters. The smallest absolute Gasteiger partial charge is 0.321 e. The maximum atomic E-state index is 12.2. The lowest BCUT2D eigenvalue weighted by Gasteiger charge is -2.32. The van der Waals surface area contributed by atoms with E-state index in [-0.39, 0.29) is 12.1 Å². The minimum absolute atomic E-state index is 0.113. The minimum atomic E-state index is -0.113. The molecule has 2 rings (SSSR count). The number of rotatable bonds is 3. The number of hydrogen-bond donors (Lipinski definition) is 1. The predicted octanol–water partition coefficient (Wildman–Crippen LogP) is 3.37. The van der Waals surface area contributed by atoms with Gasteiger partial charge in [0.15, 0.2) is 0 Å². The third-order valence-electron chi connectivity index (χ3n) is 3.18. The van der Waals surface area contributed by atoms with Crippen molar-refractivity contribution < 1.29 is 9.53 Å². The molecule has 0 bridgehead atoms. The predicted molar refractivity (Wildman–Crippen MR) is 76.7 cm³/mol. The van der Waals surface area contributed by atoms with Crippen molar-refractivity contribution in [2.24, 2.45) is 0 Å². The van der Waals surface area contributed by atoms with Gasteiger partial charge in [-0.2, -0.15) is 0 Å². The maximum Gasteiger partial charge on any atom is 0.321 e. The van der Waals surface area contributed by atoms with E-state index in [0.717, 1.165) is 19.4 Å². The largest absolute Gasteiger partial charge is 0.377 e. The van der Waals surface area contributed by atoms with Crippen LogP contribution >= 0.6 is 11.6 Å². The highest BCUT2D eigenvalue weighted by molar-refractivity contribution is 6.33. The third kappa shape index (κ3) is 3.85. The van der Waals surface area contributed by atoms with Gasteiger partial charge in [0.05, 0.1) is 16.8 Å². The number of piperidine rings is 1. The number of halogens is 1. The number of ether oxygens (including phenoxy) is 1. The molecule has 19 heavy (non-hydrogen) atoms. The van der Waals surface area contributed by atoms with Gasteiger partial charge < -0.3 is 15.0 Å². The van der Waals surface area contributed by atoms with E-state index in [1.54, 1.807) is 17.0 Å². The highest BCUT2D eigenvalue weighted by atomic mass is 35.5. The fourth-order valence-corrected chi connectivity index (χ4v) is 2.43. The molecule has 104 valence electrons. The molecule has 2 amide bonds. The summed E-state index contributed by atoms with van der Waals surface area (Å²) in [7, 11) is 0. The Morgan fingerprint density at radius 2 is 2.32 bits per heavy atom. The average Bonchev–Trinajstić information content (AvgIpc) is 2.42. The summed E-state index contributed by atoms with van der Waals surface area (Å²) in [6.45, 7) is 4.07. The number of nitrogens with zero attached hydrogens (tertiary/aromatic N) is 1. The second kappa shape index (κ2) is 6.78. The molecular weight excluding hydrogens is 264 g/mol. The molecule has 1 aromatic rings. The fraction of sp³-hybridized carbons (Fsp3) is 0.500. The van der Waals surface area contributed by atoms with Gasteiger partial charge in [0, 0.05) is 19.7 Å². The van der Waals surface area contributed by atoms with Crippen LogP contribution in [0.5, 0.6) is 0 Å². The number of nitrogens with one attached hydrogen (secondary N) is 1. The lowest BCUT2D eigenvalue weighted by molar-refractivity contribution is 0.0181. The van der Waals surface area contributed by atoms with Gasteiger partial charge in [-0.05, 0) is 31.9 Å². The van der Waals surface area contributed by atoms with Crippen LogP contribution in [0.4, 0.5) is 10.5 Å². The highest BCUT2D eigenvalue weighted by Crippen LogP contribution is 2.21. The number of carbonyl (C=O) groups is 1. The Kier molecular flexibility index (Phi) is 5.05. The normalized spacial score (nSPS) is 19.3. The van der Waals surface area contributed by atoms with Gasteiger partial charge in [-0.3, -0.25) is 0 Å². The van der Waals surface area contributed by atoms with E-state index in [1.807, 2.05) is 19.1 Å². The number of benzene rings is 1. The number of carbonyl (C=O) groups excluding carboxylic acids is 1. The summed E-state index contributed by atoms with van der Waals surface area (Å²) in [5, 5.41) is 3.39.